The lowest BCUT2D eigenvalue weighted by Crippen LogP contribution is -2.18. The van der Waals surface area contributed by atoms with Gasteiger partial charge in [-0.05, 0) is 26.2 Å². The first-order valence-electron chi connectivity index (χ1n) is 7.17. The highest BCUT2D eigenvalue weighted by atomic mass is 35.5. The Balaban J connectivity index is 2.63. The average Bonchev–Trinajstić information content (AvgIpc) is 2.74. The van der Waals surface area contributed by atoms with Gasteiger partial charge in [-0.25, -0.2) is 0 Å². The number of rotatable bonds is 8. The van der Waals surface area contributed by atoms with E-state index >= 15 is 0 Å². The maximum atomic E-state index is 12.0. The van der Waals surface area contributed by atoms with E-state index in [-0.39, 0.29) is 12.0 Å². The first-order chi connectivity index (χ1) is 9.80. The van der Waals surface area contributed by atoms with Crippen molar-refractivity contribution in [2.24, 2.45) is 0 Å². The van der Waals surface area contributed by atoms with Gasteiger partial charge in [0.2, 0.25) is 0 Å². The summed E-state index contributed by atoms with van der Waals surface area (Å²) in [7, 11) is 0. The van der Waals surface area contributed by atoms with Crippen LogP contribution in [0.2, 0.25) is 0 Å². The minimum atomic E-state index is -4.27. The number of ether oxygens (including phenoxy) is 1. The average molecular weight is 327 g/mol. The number of aromatic nitrogens is 2. The molecule has 0 aliphatic heterocycles. The van der Waals surface area contributed by atoms with Crippen molar-refractivity contribution in [3.05, 3.63) is 17.0 Å². The zero-order valence-corrected chi connectivity index (χ0v) is 13.4. The highest BCUT2D eigenvalue weighted by Gasteiger charge is 2.27. The molecular weight excluding hydrogens is 305 g/mol. The summed E-state index contributed by atoms with van der Waals surface area (Å²) < 4.78 is 42.3. The molecule has 0 fully saturated rings. The minimum absolute atomic E-state index is 0.0652. The summed E-state index contributed by atoms with van der Waals surface area (Å²) >= 11 is 6.22. The van der Waals surface area contributed by atoms with Gasteiger partial charge in [-0.3, -0.25) is 4.68 Å². The molecule has 0 aromatic carbocycles. The molecule has 1 atom stereocenters. The SMILES string of the molecule is CCc1nn(CCCOCC(F)(F)F)c(CC)c1C(C)Cl. The van der Waals surface area contributed by atoms with Crippen molar-refractivity contribution in [2.75, 3.05) is 13.2 Å². The van der Waals surface area contributed by atoms with Gasteiger partial charge >= 0.3 is 6.18 Å². The minimum Gasteiger partial charge on any atom is -0.372 e. The fraction of sp³-hybridized carbons (Fsp3) is 0.786. The van der Waals surface area contributed by atoms with Crippen LogP contribution in [0, 0.1) is 0 Å². The maximum Gasteiger partial charge on any atom is 0.411 e. The van der Waals surface area contributed by atoms with Crippen LogP contribution in [0.5, 0.6) is 0 Å². The summed E-state index contributed by atoms with van der Waals surface area (Å²) in [5.74, 6) is 0. The largest absolute Gasteiger partial charge is 0.411 e. The Hall–Kier alpha value is -0.750. The second kappa shape index (κ2) is 8.03. The van der Waals surface area contributed by atoms with Gasteiger partial charge < -0.3 is 4.74 Å². The molecule has 1 heterocycles. The molecule has 21 heavy (non-hydrogen) atoms. The summed E-state index contributed by atoms with van der Waals surface area (Å²) in [6.45, 7) is 5.36. The summed E-state index contributed by atoms with van der Waals surface area (Å²) in [4.78, 5) is 0. The molecule has 0 saturated heterocycles. The Kier molecular flexibility index (Phi) is 7.00. The number of nitrogens with zero attached hydrogens (tertiary/aromatic N) is 2. The van der Waals surface area contributed by atoms with E-state index in [9.17, 15) is 13.2 Å². The molecule has 0 amide bonds. The third kappa shape index (κ3) is 5.51. The van der Waals surface area contributed by atoms with E-state index in [0.717, 1.165) is 29.8 Å². The van der Waals surface area contributed by atoms with Gasteiger partial charge in [-0.1, -0.05) is 13.8 Å². The van der Waals surface area contributed by atoms with Gasteiger partial charge in [0.05, 0.1) is 11.1 Å². The topological polar surface area (TPSA) is 27.1 Å². The lowest BCUT2D eigenvalue weighted by atomic mass is 10.1. The molecule has 1 aromatic heterocycles. The van der Waals surface area contributed by atoms with E-state index in [1.807, 2.05) is 25.5 Å². The molecule has 0 aliphatic rings. The number of hydrogen-bond donors (Lipinski definition) is 0. The van der Waals surface area contributed by atoms with Crippen LogP contribution in [0.1, 0.15) is 49.5 Å². The van der Waals surface area contributed by atoms with E-state index in [1.165, 1.54) is 0 Å². The number of halogens is 4. The Morgan fingerprint density at radius 2 is 1.95 bits per heavy atom. The molecule has 0 N–H and O–H groups in total. The molecular formula is C14H22ClF3N2O. The quantitative estimate of drug-likeness (QED) is 0.527. The second-order valence-electron chi connectivity index (χ2n) is 4.87. The van der Waals surface area contributed by atoms with Crippen molar-refractivity contribution < 1.29 is 17.9 Å². The Labute approximate surface area is 128 Å². The predicted octanol–water partition coefficient (Wildman–Crippen LogP) is 4.28. The highest BCUT2D eigenvalue weighted by Crippen LogP contribution is 2.28. The van der Waals surface area contributed by atoms with Crippen molar-refractivity contribution in [1.82, 2.24) is 9.78 Å². The molecule has 0 spiro atoms. The molecule has 1 unspecified atom stereocenters. The normalized spacial score (nSPS) is 13.7. The van der Waals surface area contributed by atoms with Crippen molar-refractivity contribution in [2.45, 2.75) is 58.1 Å². The van der Waals surface area contributed by atoms with Gasteiger partial charge in [0.1, 0.15) is 6.61 Å². The molecule has 1 rings (SSSR count). The van der Waals surface area contributed by atoms with Crippen molar-refractivity contribution in [1.29, 1.82) is 0 Å². The van der Waals surface area contributed by atoms with Gasteiger partial charge in [-0.15, -0.1) is 11.6 Å². The van der Waals surface area contributed by atoms with Gasteiger partial charge in [0, 0.05) is 24.4 Å². The number of aryl methyl sites for hydroxylation is 2. The molecule has 122 valence electrons. The fourth-order valence-corrected chi connectivity index (χ4v) is 2.60. The summed E-state index contributed by atoms with van der Waals surface area (Å²) in [5.41, 5.74) is 3.08. The van der Waals surface area contributed by atoms with E-state index in [0.29, 0.717) is 13.0 Å². The monoisotopic (exact) mass is 326 g/mol. The van der Waals surface area contributed by atoms with E-state index in [1.54, 1.807) is 0 Å². The zero-order chi connectivity index (χ0) is 16.0. The van der Waals surface area contributed by atoms with Crippen LogP contribution in [0.15, 0.2) is 0 Å². The highest BCUT2D eigenvalue weighted by molar-refractivity contribution is 6.20. The molecule has 1 aromatic rings. The molecule has 0 aliphatic carbocycles. The van der Waals surface area contributed by atoms with Gasteiger partial charge in [0.15, 0.2) is 0 Å². The third-order valence-electron chi connectivity index (χ3n) is 3.17. The molecule has 0 radical (unpaired) electrons. The number of alkyl halides is 4. The van der Waals surface area contributed by atoms with Crippen LogP contribution in [0.25, 0.3) is 0 Å². The van der Waals surface area contributed by atoms with Gasteiger partial charge in [-0.2, -0.15) is 18.3 Å². The van der Waals surface area contributed by atoms with E-state index < -0.39 is 12.8 Å². The van der Waals surface area contributed by atoms with Crippen LogP contribution < -0.4 is 0 Å². The molecule has 3 nitrogen and oxygen atoms in total. The van der Waals surface area contributed by atoms with Crippen LogP contribution in [-0.4, -0.2) is 29.2 Å². The number of hydrogen-bond acceptors (Lipinski definition) is 2. The summed E-state index contributed by atoms with van der Waals surface area (Å²) in [6, 6.07) is 0. The van der Waals surface area contributed by atoms with Crippen LogP contribution in [-0.2, 0) is 24.1 Å². The van der Waals surface area contributed by atoms with E-state index in [2.05, 4.69) is 9.84 Å². The molecule has 0 bridgehead atoms. The van der Waals surface area contributed by atoms with E-state index in [4.69, 9.17) is 11.6 Å². The van der Waals surface area contributed by atoms with Crippen molar-refractivity contribution in [3.8, 4) is 0 Å². The van der Waals surface area contributed by atoms with Crippen molar-refractivity contribution in [3.63, 3.8) is 0 Å². The van der Waals surface area contributed by atoms with Crippen molar-refractivity contribution >= 4 is 11.6 Å². The Bertz CT molecular complexity index is 444. The smallest absolute Gasteiger partial charge is 0.372 e. The Morgan fingerprint density at radius 1 is 1.29 bits per heavy atom. The van der Waals surface area contributed by atoms with Crippen LogP contribution in [0.4, 0.5) is 13.2 Å². The van der Waals surface area contributed by atoms with Crippen LogP contribution in [0.3, 0.4) is 0 Å². The Morgan fingerprint density at radius 3 is 2.43 bits per heavy atom. The summed E-state index contributed by atoms with van der Waals surface area (Å²) in [6.07, 6.45) is -2.19. The predicted molar refractivity (Wildman–Crippen MR) is 76.7 cm³/mol. The fourth-order valence-electron chi connectivity index (χ4n) is 2.35. The lowest BCUT2D eigenvalue weighted by Gasteiger charge is -2.10. The first kappa shape index (κ1) is 18.3. The lowest BCUT2D eigenvalue weighted by molar-refractivity contribution is -0.174. The third-order valence-corrected chi connectivity index (χ3v) is 3.38. The standard InChI is InChI=1S/C14H22ClF3N2O/c1-4-11-13(10(3)15)12(5-2)20(19-11)7-6-8-21-9-14(16,17)18/h10H,4-9H2,1-3H3. The first-order valence-corrected chi connectivity index (χ1v) is 7.60. The summed E-state index contributed by atoms with van der Waals surface area (Å²) in [5, 5.41) is 4.40. The molecule has 0 saturated carbocycles. The molecule has 7 heteroatoms. The zero-order valence-electron chi connectivity index (χ0n) is 12.6. The van der Waals surface area contributed by atoms with Gasteiger partial charge in [0.25, 0.3) is 0 Å². The van der Waals surface area contributed by atoms with Crippen LogP contribution >= 0.6 is 11.6 Å². The maximum absolute atomic E-state index is 12.0. The second-order valence-corrected chi connectivity index (χ2v) is 5.53.